The van der Waals surface area contributed by atoms with Crippen LogP contribution in [-0.4, -0.2) is 15.9 Å². The van der Waals surface area contributed by atoms with E-state index >= 15 is 0 Å². The molecule has 0 aliphatic heterocycles. The van der Waals surface area contributed by atoms with Crippen LogP contribution in [0.15, 0.2) is 41.9 Å². The molecule has 0 unspecified atom stereocenters. The highest BCUT2D eigenvalue weighted by Crippen LogP contribution is 2.21. The van der Waals surface area contributed by atoms with Crippen molar-refractivity contribution in [3.8, 4) is 0 Å². The highest BCUT2D eigenvalue weighted by molar-refractivity contribution is 7.13. The molecule has 0 aliphatic carbocycles. The number of rotatable bonds is 5. The summed E-state index contributed by atoms with van der Waals surface area (Å²) in [6, 6.07) is 9.78. The van der Waals surface area contributed by atoms with Crippen molar-refractivity contribution in [3.63, 3.8) is 0 Å². The number of aryl methyl sites for hydroxylation is 2. The summed E-state index contributed by atoms with van der Waals surface area (Å²) in [5.41, 5.74) is 4.96. The zero-order chi connectivity index (χ0) is 17.8. The van der Waals surface area contributed by atoms with Gasteiger partial charge in [0.1, 0.15) is 5.82 Å². The van der Waals surface area contributed by atoms with E-state index < -0.39 is 0 Å². The topological polar surface area (TPSA) is 66.9 Å². The molecule has 0 radical (unpaired) electrons. The second-order valence-corrected chi connectivity index (χ2v) is 6.82. The molecule has 3 rings (SSSR count). The van der Waals surface area contributed by atoms with Crippen molar-refractivity contribution in [1.82, 2.24) is 9.97 Å². The van der Waals surface area contributed by atoms with E-state index in [0.717, 1.165) is 39.0 Å². The smallest absolute Gasteiger partial charge is 0.230 e. The first-order valence-electron chi connectivity index (χ1n) is 8.01. The second-order valence-electron chi connectivity index (χ2n) is 5.96. The van der Waals surface area contributed by atoms with Gasteiger partial charge in [-0.15, -0.1) is 11.3 Å². The molecule has 0 aliphatic rings. The monoisotopic (exact) mass is 352 g/mol. The lowest BCUT2D eigenvalue weighted by Crippen LogP contribution is -2.15. The maximum Gasteiger partial charge on any atom is 0.230 e. The lowest BCUT2D eigenvalue weighted by Gasteiger charge is -2.09. The average Bonchev–Trinajstić information content (AvgIpc) is 2.98. The number of benzene rings is 1. The highest BCUT2D eigenvalue weighted by atomic mass is 32.1. The summed E-state index contributed by atoms with van der Waals surface area (Å²) in [5.74, 6) is 0.681. The molecular weight excluding hydrogens is 332 g/mol. The number of hydrogen-bond acceptors (Lipinski definition) is 5. The number of pyridine rings is 1. The Morgan fingerprint density at radius 3 is 2.84 bits per heavy atom. The van der Waals surface area contributed by atoms with Crippen LogP contribution < -0.4 is 10.6 Å². The molecule has 6 heteroatoms. The summed E-state index contributed by atoms with van der Waals surface area (Å²) in [6.45, 7) is 6.05. The molecule has 3 aromatic rings. The van der Waals surface area contributed by atoms with Crippen LogP contribution in [0.2, 0.25) is 0 Å². The van der Waals surface area contributed by atoms with Crippen LogP contribution in [0, 0.1) is 20.8 Å². The van der Waals surface area contributed by atoms with E-state index in [0.29, 0.717) is 0 Å². The Morgan fingerprint density at radius 2 is 2.04 bits per heavy atom. The summed E-state index contributed by atoms with van der Waals surface area (Å²) >= 11 is 1.46. The fourth-order valence-corrected chi connectivity index (χ4v) is 3.12. The Balaban J connectivity index is 1.63. The molecule has 1 amide bonds. The maximum atomic E-state index is 12.3. The van der Waals surface area contributed by atoms with Crippen LogP contribution in [0.25, 0.3) is 0 Å². The van der Waals surface area contributed by atoms with Gasteiger partial charge in [-0.05, 0) is 55.7 Å². The average molecular weight is 352 g/mol. The fourth-order valence-electron chi connectivity index (χ4n) is 2.41. The molecule has 0 fully saturated rings. The summed E-state index contributed by atoms with van der Waals surface area (Å²) < 4.78 is 0. The number of aromatic nitrogens is 2. The molecule has 0 saturated heterocycles. The number of hydrogen-bond donors (Lipinski definition) is 2. The Labute approximate surface area is 151 Å². The Bertz CT molecular complexity index is 904. The van der Waals surface area contributed by atoms with Crippen molar-refractivity contribution >= 4 is 33.9 Å². The zero-order valence-electron chi connectivity index (χ0n) is 14.5. The summed E-state index contributed by atoms with van der Waals surface area (Å²) in [4.78, 5) is 21.0. The largest absolute Gasteiger partial charge is 0.325 e. The van der Waals surface area contributed by atoms with Gasteiger partial charge in [-0.2, -0.15) is 0 Å². The standard InChI is InChI=1S/C19H20N4OS/c1-12-7-8-20-17(9-12)23-19-21-15(11-25-19)10-18(24)22-16-6-4-5-13(2)14(16)3/h4-9,11H,10H2,1-3H3,(H,22,24)(H,20,21,23). The van der Waals surface area contributed by atoms with Gasteiger partial charge >= 0.3 is 0 Å². The minimum atomic E-state index is -0.0702. The molecule has 0 bridgehead atoms. The first kappa shape index (κ1) is 17.1. The molecule has 25 heavy (non-hydrogen) atoms. The number of carbonyl (C=O) groups excluding carboxylic acids is 1. The van der Waals surface area contributed by atoms with Gasteiger partial charge in [-0.25, -0.2) is 9.97 Å². The number of thiazole rings is 1. The van der Waals surface area contributed by atoms with Crippen LogP contribution in [0.4, 0.5) is 16.6 Å². The molecule has 2 aromatic heterocycles. The van der Waals surface area contributed by atoms with Crippen molar-refractivity contribution in [2.24, 2.45) is 0 Å². The predicted molar refractivity (Wildman–Crippen MR) is 103 cm³/mol. The summed E-state index contributed by atoms with van der Waals surface area (Å²) in [6.07, 6.45) is 2.00. The minimum Gasteiger partial charge on any atom is -0.325 e. The van der Waals surface area contributed by atoms with E-state index in [1.165, 1.54) is 11.3 Å². The molecule has 0 atom stereocenters. The van der Waals surface area contributed by atoms with Crippen LogP contribution in [0.1, 0.15) is 22.4 Å². The zero-order valence-corrected chi connectivity index (χ0v) is 15.3. The Kier molecular flexibility index (Phi) is 5.09. The normalized spacial score (nSPS) is 10.5. The van der Waals surface area contributed by atoms with Crippen molar-refractivity contribution in [1.29, 1.82) is 0 Å². The number of nitrogens with zero attached hydrogens (tertiary/aromatic N) is 2. The second kappa shape index (κ2) is 7.44. The third kappa shape index (κ3) is 4.42. The first-order valence-corrected chi connectivity index (χ1v) is 8.89. The van der Waals surface area contributed by atoms with Crippen LogP contribution in [0.5, 0.6) is 0 Å². The van der Waals surface area contributed by atoms with Gasteiger partial charge in [0.05, 0.1) is 12.1 Å². The Hall–Kier alpha value is -2.73. The van der Waals surface area contributed by atoms with E-state index in [1.54, 1.807) is 6.20 Å². The summed E-state index contributed by atoms with van der Waals surface area (Å²) in [5, 5.41) is 8.75. The highest BCUT2D eigenvalue weighted by Gasteiger charge is 2.10. The van der Waals surface area contributed by atoms with E-state index in [4.69, 9.17) is 0 Å². The molecule has 1 aromatic carbocycles. The van der Waals surface area contributed by atoms with Gasteiger partial charge in [-0.1, -0.05) is 12.1 Å². The van der Waals surface area contributed by atoms with E-state index in [1.807, 2.05) is 56.5 Å². The SMILES string of the molecule is Cc1ccnc(Nc2nc(CC(=O)Nc3cccc(C)c3C)cs2)c1. The van der Waals surface area contributed by atoms with Crippen molar-refractivity contribution in [2.45, 2.75) is 27.2 Å². The third-order valence-electron chi connectivity index (χ3n) is 3.92. The van der Waals surface area contributed by atoms with Gasteiger partial charge in [-0.3, -0.25) is 4.79 Å². The van der Waals surface area contributed by atoms with E-state index in [-0.39, 0.29) is 12.3 Å². The molecule has 2 heterocycles. The quantitative estimate of drug-likeness (QED) is 0.715. The summed E-state index contributed by atoms with van der Waals surface area (Å²) in [7, 11) is 0. The lowest BCUT2D eigenvalue weighted by atomic mass is 10.1. The molecule has 0 spiro atoms. The lowest BCUT2D eigenvalue weighted by molar-refractivity contribution is -0.115. The van der Waals surface area contributed by atoms with Gasteiger partial charge in [0.2, 0.25) is 5.91 Å². The van der Waals surface area contributed by atoms with Gasteiger partial charge in [0.15, 0.2) is 5.13 Å². The number of carbonyl (C=O) groups is 1. The molecular formula is C19H20N4OS. The first-order chi connectivity index (χ1) is 12.0. The molecule has 128 valence electrons. The number of nitrogens with one attached hydrogen (secondary N) is 2. The fraction of sp³-hybridized carbons (Fsp3) is 0.211. The molecule has 0 saturated carbocycles. The predicted octanol–water partition coefficient (Wildman–Crippen LogP) is 4.39. The van der Waals surface area contributed by atoms with Gasteiger partial charge in [0.25, 0.3) is 0 Å². The number of amides is 1. The molecule has 2 N–H and O–H groups in total. The van der Waals surface area contributed by atoms with Crippen LogP contribution in [0.3, 0.4) is 0 Å². The van der Waals surface area contributed by atoms with E-state index in [9.17, 15) is 4.79 Å². The third-order valence-corrected chi connectivity index (χ3v) is 4.73. The van der Waals surface area contributed by atoms with Crippen molar-refractivity contribution in [2.75, 3.05) is 10.6 Å². The number of anilines is 3. The van der Waals surface area contributed by atoms with Crippen LogP contribution in [-0.2, 0) is 11.2 Å². The van der Waals surface area contributed by atoms with E-state index in [2.05, 4.69) is 20.6 Å². The molecule has 5 nitrogen and oxygen atoms in total. The Morgan fingerprint density at radius 1 is 1.20 bits per heavy atom. The van der Waals surface area contributed by atoms with Crippen molar-refractivity contribution < 1.29 is 4.79 Å². The van der Waals surface area contributed by atoms with Crippen molar-refractivity contribution in [3.05, 3.63) is 64.3 Å². The van der Waals surface area contributed by atoms with Gasteiger partial charge in [0, 0.05) is 17.3 Å². The minimum absolute atomic E-state index is 0.0702. The van der Waals surface area contributed by atoms with Gasteiger partial charge < -0.3 is 10.6 Å². The van der Waals surface area contributed by atoms with Crippen LogP contribution >= 0.6 is 11.3 Å². The maximum absolute atomic E-state index is 12.3.